The van der Waals surface area contributed by atoms with E-state index in [-0.39, 0.29) is 0 Å². The molecular formula is C14H30N2. The van der Waals surface area contributed by atoms with Crippen molar-refractivity contribution < 1.29 is 0 Å². The zero-order valence-corrected chi connectivity index (χ0v) is 11.6. The minimum absolute atomic E-state index is 0.588. The highest BCUT2D eigenvalue weighted by atomic mass is 15.2. The molecule has 1 heterocycles. The van der Waals surface area contributed by atoms with Crippen molar-refractivity contribution in [1.29, 1.82) is 0 Å². The van der Waals surface area contributed by atoms with Crippen LogP contribution in [0, 0.1) is 11.3 Å². The highest BCUT2D eigenvalue weighted by Gasteiger charge is 2.37. The Morgan fingerprint density at radius 3 is 2.25 bits per heavy atom. The van der Waals surface area contributed by atoms with E-state index in [9.17, 15) is 0 Å². The molecule has 0 saturated carbocycles. The average molecular weight is 226 g/mol. The maximum atomic E-state index is 5.93. The van der Waals surface area contributed by atoms with Gasteiger partial charge in [0.1, 0.15) is 0 Å². The van der Waals surface area contributed by atoms with Crippen molar-refractivity contribution in [2.45, 2.75) is 59.4 Å². The summed E-state index contributed by atoms with van der Waals surface area (Å²) in [5, 5.41) is 0. The summed E-state index contributed by atoms with van der Waals surface area (Å²) in [7, 11) is 0. The first kappa shape index (κ1) is 14.0. The van der Waals surface area contributed by atoms with Gasteiger partial charge in [-0.15, -0.1) is 0 Å². The lowest BCUT2D eigenvalue weighted by atomic mass is 9.82. The van der Waals surface area contributed by atoms with E-state index < -0.39 is 0 Å². The Bertz CT molecular complexity index is 197. The molecule has 0 spiro atoms. The van der Waals surface area contributed by atoms with Gasteiger partial charge >= 0.3 is 0 Å². The number of likely N-dealkylation sites (tertiary alicyclic amines) is 1. The van der Waals surface area contributed by atoms with Crippen molar-refractivity contribution in [2.24, 2.45) is 17.1 Å². The lowest BCUT2D eigenvalue weighted by Crippen LogP contribution is -2.41. The summed E-state index contributed by atoms with van der Waals surface area (Å²) in [4.78, 5) is 2.65. The van der Waals surface area contributed by atoms with Crippen LogP contribution in [-0.2, 0) is 0 Å². The molecule has 1 rings (SSSR count). The van der Waals surface area contributed by atoms with Crippen molar-refractivity contribution >= 4 is 0 Å². The molecule has 1 unspecified atom stereocenters. The van der Waals surface area contributed by atoms with Crippen LogP contribution in [0.5, 0.6) is 0 Å². The molecule has 1 atom stereocenters. The van der Waals surface area contributed by atoms with Gasteiger partial charge in [0.25, 0.3) is 0 Å². The molecule has 1 saturated heterocycles. The van der Waals surface area contributed by atoms with Crippen LogP contribution in [0.15, 0.2) is 0 Å². The molecule has 16 heavy (non-hydrogen) atoms. The van der Waals surface area contributed by atoms with E-state index in [1.165, 1.54) is 38.8 Å². The fraction of sp³-hybridized carbons (Fsp3) is 1.00. The molecule has 0 aromatic rings. The Morgan fingerprint density at radius 2 is 1.88 bits per heavy atom. The molecule has 0 radical (unpaired) electrons. The van der Waals surface area contributed by atoms with Gasteiger partial charge in [-0.2, -0.15) is 0 Å². The average Bonchev–Trinajstić information content (AvgIpc) is 2.70. The Hall–Kier alpha value is -0.0800. The van der Waals surface area contributed by atoms with E-state index >= 15 is 0 Å². The molecule has 2 nitrogen and oxygen atoms in total. The van der Waals surface area contributed by atoms with Crippen molar-refractivity contribution in [3.05, 3.63) is 0 Å². The number of nitrogens with zero attached hydrogens (tertiary/aromatic N) is 1. The van der Waals surface area contributed by atoms with E-state index in [2.05, 4.69) is 32.6 Å². The summed E-state index contributed by atoms with van der Waals surface area (Å²) in [5.41, 5.74) is 6.52. The third kappa shape index (κ3) is 3.21. The van der Waals surface area contributed by atoms with E-state index in [4.69, 9.17) is 5.73 Å². The highest BCUT2D eigenvalue weighted by Crippen LogP contribution is 2.38. The number of rotatable bonds is 6. The third-order valence-corrected chi connectivity index (χ3v) is 4.50. The van der Waals surface area contributed by atoms with Gasteiger partial charge in [-0.25, -0.2) is 0 Å². The number of hydrogen-bond donors (Lipinski definition) is 1. The lowest BCUT2D eigenvalue weighted by molar-refractivity contribution is 0.179. The fourth-order valence-electron chi connectivity index (χ4n) is 3.05. The van der Waals surface area contributed by atoms with E-state index in [0.29, 0.717) is 11.5 Å². The predicted molar refractivity (Wildman–Crippen MR) is 71.5 cm³/mol. The van der Waals surface area contributed by atoms with Crippen LogP contribution in [0.4, 0.5) is 0 Å². The molecule has 0 aromatic carbocycles. The second-order valence-corrected chi connectivity index (χ2v) is 5.95. The molecule has 0 aromatic heterocycles. The van der Waals surface area contributed by atoms with Crippen LogP contribution in [-0.4, -0.2) is 30.6 Å². The smallest absolute Gasteiger partial charge is 0.0221 e. The molecular weight excluding hydrogens is 196 g/mol. The molecule has 1 aliphatic rings. The summed E-state index contributed by atoms with van der Waals surface area (Å²) in [6.07, 6.45) is 5.26. The minimum Gasteiger partial charge on any atom is -0.329 e. The second kappa shape index (κ2) is 6.02. The van der Waals surface area contributed by atoms with Crippen LogP contribution in [0.2, 0.25) is 0 Å². The maximum absolute atomic E-state index is 5.93. The maximum Gasteiger partial charge on any atom is 0.0221 e. The number of nitrogens with two attached hydrogens (primary N) is 1. The van der Waals surface area contributed by atoms with Crippen LogP contribution >= 0.6 is 0 Å². The first-order valence-electron chi connectivity index (χ1n) is 7.01. The summed E-state index contributed by atoms with van der Waals surface area (Å²) in [6, 6.07) is 0.611. The molecule has 1 aliphatic heterocycles. The lowest BCUT2D eigenvalue weighted by Gasteiger charge is -2.31. The molecule has 1 fully saturated rings. The molecule has 0 bridgehead atoms. The fourth-order valence-corrected chi connectivity index (χ4v) is 3.05. The molecule has 96 valence electrons. The summed E-state index contributed by atoms with van der Waals surface area (Å²) >= 11 is 0. The molecule has 0 amide bonds. The molecule has 2 N–H and O–H groups in total. The van der Waals surface area contributed by atoms with Gasteiger partial charge in [-0.05, 0) is 43.6 Å². The van der Waals surface area contributed by atoms with Gasteiger partial charge in [0.2, 0.25) is 0 Å². The van der Waals surface area contributed by atoms with Gasteiger partial charge < -0.3 is 5.73 Å². The SMILES string of the molecule is CCC1(CC)CCN(C(CN)CC(C)C)C1. The van der Waals surface area contributed by atoms with E-state index in [1.54, 1.807) is 0 Å². The van der Waals surface area contributed by atoms with Crippen LogP contribution < -0.4 is 5.73 Å². The van der Waals surface area contributed by atoms with E-state index in [1.807, 2.05) is 0 Å². The van der Waals surface area contributed by atoms with Crippen molar-refractivity contribution in [3.63, 3.8) is 0 Å². The first-order valence-corrected chi connectivity index (χ1v) is 7.01. The van der Waals surface area contributed by atoms with Crippen LogP contribution in [0.3, 0.4) is 0 Å². The Balaban J connectivity index is 2.55. The summed E-state index contributed by atoms with van der Waals surface area (Å²) < 4.78 is 0. The topological polar surface area (TPSA) is 29.3 Å². The molecule has 2 heteroatoms. The Kier molecular flexibility index (Phi) is 5.26. The van der Waals surface area contributed by atoms with Gasteiger partial charge in [0.15, 0.2) is 0 Å². The van der Waals surface area contributed by atoms with Crippen molar-refractivity contribution in [2.75, 3.05) is 19.6 Å². The molecule has 0 aliphatic carbocycles. The number of hydrogen-bond acceptors (Lipinski definition) is 2. The highest BCUT2D eigenvalue weighted by molar-refractivity contribution is 4.91. The second-order valence-electron chi connectivity index (χ2n) is 5.95. The van der Waals surface area contributed by atoms with Gasteiger partial charge in [-0.1, -0.05) is 27.7 Å². The summed E-state index contributed by atoms with van der Waals surface area (Å²) in [6.45, 7) is 12.6. The van der Waals surface area contributed by atoms with Gasteiger partial charge in [0.05, 0.1) is 0 Å². The first-order chi connectivity index (χ1) is 7.56. The third-order valence-electron chi connectivity index (χ3n) is 4.50. The van der Waals surface area contributed by atoms with Crippen molar-refractivity contribution in [3.8, 4) is 0 Å². The van der Waals surface area contributed by atoms with Crippen LogP contribution in [0.25, 0.3) is 0 Å². The largest absolute Gasteiger partial charge is 0.329 e. The predicted octanol–water partition coefficient (Wildman–Crippen LogP) is 2.87. The zero-order chi connectivity index (χ0) is 12.2. The van der Waals surface area contributed by atoms with Gasteiger partial charge in [0, 0.05) is 19.1 Å². The van der Waals surface area contributed by atoms with Crippen LogP contribution in [0.1, 0.15) is 53.4 Å². The Morgan fingerprint density at radius 1 is 1.25 bits per heavy atom. The van der Waals surface area contributed by atoms with Gasteiger partial charge in [-0.3, -0.25) is 4.90 Å². The zero-order valence-electron chi connectivity index (χ0n) is 11.6. The van der Waals surface area contributed by atoms with Crippen molar-refractivity contribution in [1.82, 2.24) is 4.90 Å². The summed E-state index contributed by atoms with van der Waals surface area (Å²) in [5.74, 6) is 0.756. The quantitative estimate of drug-likeness (QED) is 0.754. The Labute approximate surface area is 102 Å². The van der Waals surface area contributed by atoms with E-state index in [0.717, 1.165) is 12.5 Å². The standard InChI is InChI=1S/C14H30N2/c1-5-14(6-2)7-8-16(11-14)13(10-15)9-12(3)4/h12-13H,5-11,15H2,1-4H3. The normalized spacial score (nSPS) is 22.9. The monoisotopic (exact) mass is 226 g/mol. The minimum atomic E-state index is 0.588.